The van der Waals surface area contributed by atoms with Crippen LogP contribution >= 0.6 is 0 Å². The monoisotopic (exact) mass is 336 g/mol. The maximum Gasteiger partial charge on any atom is 0.199 e. The molecule has 0 spiro atoms. The summed E-state index contributed by atoms with van der Waals surface area (Å²) in [6.07, 6.45) is -6.04. The van der Waals surface area contributed by atoms with E-state index in [1.165, 1.54) is 0 Å². The number of hydrogen-bond donors (Lipinski definition) is 4. The molecule has 2 heterocycles. The van der Waals surface area contributed by atoms with Crippen molar-refractivity contribution in [3.63, 3.8) is 0 Å². The summed E-state index contributed by atoms with van der Waals surface area (Å²) in [5.41, 5.74) is 2.16. The van der Waals surface area contributed by atoms with Gasteiger partial charge in [0.2, 0.25) is 0 Å². The average molecular weight is 336 g/mol. The van der Waals surface area contributed by atoms with Gasteiger partial charge >= 0.3 is 0 Å². The largest absolute Gasteiger partial charge is 0.394 e. The second-order valence-electron chi connectivity index (χ2n) is 5.91. The van der Waals surface area contributed by atoms with Gasteiger partial charge in [-0.1, -0.05) is 29.8 Å². The molecule has 0 aliphatic carbocycles. The number of aromatic nitrogens is 4. The first kappa shape index (κ1) is 16.9. The van der Waals surface area contributed by atoms with Crippen molar-refractivity contribution in [2.75, 3.05) is 6.61 Å². The molecule has 1 aromatic carbocycles. The van der Waals surface area contributed by atoms with Crippen LogP contribution < -0.4 is 0 Å². The van der Waals surface area contributed by atoms with Crippen LogP contribution in [0, 0.1) is 6.92 Å². The maximum absolute atomic E-state index is 10.1. The third kappa shape index (κ3) is 3.30. The molecule has 4 N–H and O–H groups in total. The van der Waals surface area contributed by atoms with Crippen molar-refractivity contribution in [3.05, 3.63) is 41.2 Å². The van der Waals surface area contributed by atoms with Crippen molar-refractivity contribution >= 4 is 0 Å². The molecular formula is C15H20N4O5. The van der Waals surface area contributed by atoms with Gasteiger partial charge in [0.15, 0.2) is 12.1 Å². The average Bonchev–Trinajstić information content (AvgIpc) is 3.03. The van der Waals surface area contributed by atoms with Crippen molar-refractivity contribution in [3.8, 4) is 0 Å². The molecule has 5 atom stereocenters. The van der Waals surface area contributed by atoms with Crippen LogP contribution in [0.15, 0.2) is 24.3 Å². The van der Waals surface area contributed by atoms with Gasteiger partial charge in [-0.25, -0.2) is 0 Å². The van der Waals surface area contributed by atoms with E-state index in [-0.39, 0.29) is 0 Å². The standard InChI is InChI=1S/C15H20N4O5/c1-8-2-4-9(5-3-8)6-11-16-18-19(17-11)15-14(23)13(22)12(21)10(7-20)24-15/h2-5,10,12-15,20-23H,6-7H2,1H3/t10-,12-,13+,14-,15-/m1/s1. The van der Waals surface area contributed by atoms with Gasteiger partial charge < -0.3 is 25.2 Å². The SMILES string of the molecule is Cc1ccc(Cc2nnn([C@@H]3O[C@H](CO)[C@@H](O)[C@H](O)[C@H]3O)n2)cc1. The van der Waals surface area contributed by atoms with E-state index in [1.54, 1.807) is 0 Å². The second kappa shape index (κ2) is 6.91. The number of ether oxygens (including phenoxy) is 1. The number of tetrazole rings is 1. The molecule has 24 heavy (non-hydrogen) atoms. The zero-order chi connectivity index (χ0) is 17.3. The Labute approximate surface area is 138 Å². The molecule has 9 heteroatoms. The number of rotatable bonds is 4. The number of aliphatic hydroxyl groups is 4. The van der Waals surface area contributed by atoms with Gasteiger partial charge in [-0.2, -0.15) is 0 Å². The van der Waals surface area contributed by atoms with E-state index >= 15 is 0 Å². The minimum absolute atomic E-state index is 0.427. The van der Waals surface area contributed by atoms with Gasteiger partial charge in [0.05, 0.1) is 6.61 Å². The normalized spacial score (nSPS) is 30.5. The maximum atomic E-state index is 10.1. The Kier molecular flexibility index (Phi) is 4.88. The number of benzene rings is 1. The Morgan fingerprint density at radius 3 is 2.46 bits per heavy atom. The van der Waals surface area contributed by atoms with Gasteiger partial charge in [-0.15, -0.1) is 15.0 Å². The van der Waals surface area contributed by atoms with Crippen molar-refractivity contribution in [2.24, 2.45) is 0 Å². The molecule has 1 fully saturated rings. The Balaban J connectivity index is 1.75. The first-order valence-corrected chi connectivity index (χ1v) is 7.64. The van der Waals surface area contributed by atoms with Gasteiger partial charge in [0.1, 0.15) is 24.4 Å². The highest BCUT2D eigenvalue weighted by Gasteiger charge is 2.45. The number of aryl methyl sites for hydroxylation is 1. The Hall–Kier alpha value is -1.91. The van der Waals surface area contributed by atoms with E-state index in [1.807, 2.05) is 31.2 Å². The van der Waals surface area contributed by atoms with Crippen LogP contribution in [0.25, 0.3) is 0 Å². The van der Waals surface area contributed by atoms with Gasteiger partial charge in [0.25, 0.3) is 0 Å². The topological polar surface area (TPSA) is 134 Å². The van der Waals surface area contributed by atoms with E-state index < -0.39 is 37.3 Å². The molecule has 3 rings (SSSR count). The van der Waals surface area contributed by atoms with Crippen LogP contribution in [0.5, 0.6) is 0 Å². The molecular weight excluding hydrogens is 316 g/mol. The van der Waals surface area contributed by atoms with Crippen LogP contribution in [0.4, 0.5) is 0 Å². The molecule has 2 aromatic rings. The summed E-state index contributed by atoms with van der Waals surface area (Å²) in [5.74, 6) is 0.427. The van der Waals surface area contributed by atoms with Gasteiger partial charge in [-0.3, -0.25) is 0 Å². The summed E-state index contributed by atoms with van der Waals surface area (Å²) in [4.78, 5) is 1.05. The molecule has 0 unspecified atom stereocenters. The van der Waals surface area contributed by atoms with Crippen LogP contribution in [-0.2, 0) is 11.2 Å². The molecule has 0 bridgehead atoms. The predicted molar refractivity (Wildman–Crippen MR) is 80.8 cm³/mol. The van der Waals surface area contributed by atoms with E-state index in [0.29, 0.717) is 12.2 Å². The quantitative estimate of drug-likeness (QED) is 0.532. The second-order valence-corrected chi connectivity index (χ2v) is 5.91. The Morgan fingerprint density at radius 2 is 1.79 bits per heavy atom. The third-order valence-electron chi connectivity index (χ3n) is 4.05. The molecule has 9 nitrogen and oxygen atoms in total. The summed E-state index contributed by atoms with van der Waals surface area (Å²) in [5, 5.41) is 50.8. The molecule has 0 amide bonds. The first-order chi connectivity index (χ1) is 11.5. The Bertz CT molecular complexity index is 675. The van der Waals surface area contributed by atoms with Crippen molar-refractivity contribution in [1.82, 2.24) is 20.2 Å². The van der Waals surface area contributed by atoms with Crippen LogP contribution in [0.3, 0.4) is 0 Å². The lowest BCUT2D eigenvalue weighted by molar-refractivity contribution is -0.257. The fraction of sp³-hybridized carbons (Fsp3) is 0.533. The highest BCUT2D eigenvalue weighted by atomic mass is 16.6. The van der Waals surface area contributed by atoms with Crippen LogP contribution in [0.2, 0.25) is 0 Å². The van der Waals surface area contributed by atoms with E-state index in [0.717, 1.165) is 15.9 Å². The lowest BCUT2D eigenvalue weighted by atomic mass is 9.99. The lowest BCUT2D eigenvalue weighted by Crippen LogP contribution is -2.56. The fourth-order valence-electron chi connectivity index (χ4n) is 2.60. The molecule has 1 aliphatic heterocycles. The minimum atomic E-state index is -1.48. The van der Waals surface area contributed by atoms with Crippen molar-refractivity contribution in [1.29, 1.82) is 0 Å². The van der Waals surface area contributed by atoms with E-state index in [4.69, 9.17) is 4.74 Å². The smallest absolute Gasteiger partial charge is 0.199 e. The summed E-state index contributed by atoms with van der Waals surface area (Å²) < 4.78 is 5.38. The van der Waals surface area contributed by atoms with Crippen LogP contribution in [0.1, 0.15) is 23.2 Å². The number of hydrogen-bond acceptors (Lipinski definition) is 8. The summed E-state index contributed by atoms with van der Waals surface area (Å²) in [7, 11) is 0. The van der Waals surface area contributed by atoms with Gasteiger partial charge in [-0.05, 0) is 17.7 Å². The predicted octanol–water partition coefficient (Wildman–Crippen LogP) is -1.46. The number of aliphatic hydroxyl groups excluding tert-OH is 4. The van der Waals surface area contributed by atoms with E-state index in [9.17, 15) is 20.4 Å². The minimum Gasteiger partial charge on any atom is -0.394 e. The lowest BCUT2D eigenvalue weighted by Gasteiger charge is -2.38. The summed E-state index contributed by atoms with van der Waals surface area (Å²) in [6.45, 7) is 1.49. The highest BCUT2D eigenvalue weighted by molar-refractivity contribution is 5.23. The van der Waals surface area contributed by atoms with Crippen LogP contribution in [-0.4, -0.2) is 71.7 Å². The highest BCUT2D eigenvalue weighted by Crippen LogP contribution is 2.27. The molecule has 130 valence electrons. The molecule has 0 radical (unpaired) electrons. The summed E-state index contributed by atoms with van der Waals surface area (Å²) >= 11 is 0. The Morgan fingerprint density at radius 1 is 1.08 bits per heavy atom. The zero-order valence-corrected chi connectivity index (χ0v) is 13.1. The number of nitrogens with zero attached hydrogens (tertiary/aromatic N) is 4. The van der Waals surface area contributed by atoms with Crippen molar-refractivity contribution in [2.45, 2.75) is 44.0 Å². The summed E-state index contributed by atoms with van der Waals surface area (Å²) in [6, 6.07) is 7.89. The molecule has 1 saturated heterocycles. The fourth-order valence-corrected chi connectivity index (χ4v) is 2.60. The van der Waals surface area contributed by atoms with E-state index in [2.05, 4.69) is 15.4 Å². The molecule has 0 saturated carbocycles. The van der Waals surface area contributed by atoms with Crippen molar-refractivity contribution < 1.29 is 25.2 Å². The zero-order valence-electron chi connectivity index (χ0n) is 13.1. The first-order valence-electron chi connectivity index (χ1n) is 7.64. The van der Waals surface area contributed by atoms with Gasteiger partial charge in [0, 0.05) is 6.42 Å². The molecule has 1 aliphatic rings. The third-order valence-corrected chi connectivity index (χ3v) is 4.05. The molecule has 1 aromatic heterocycles.